The molecule has 0 bridgehead atoms. The Morgan fingerprint density at radius 1 is 0.448 bits per heavy atom. The highest BCUT2D eigenvalue weighted by Crippen LogP contribution is 2.59. The van der Waals surface area contributed by atoms with Gasteiger partial charge in [0.15, 0.2) is 25.5 Å². The van der Waals surface area contributed by atoms with E-state index < -0.39 is 13.5 Å². The van der Waals surface area contributed by atoms with Gasteiger partial charge in [-0.3, -0.25) is 0 Å². The second-order valence-electron chi connectivity index (χ2n) is 16.8. The maximum atomic E-state index is 11.3. The summed E-state index contributed by atoms with van der Waals surface area (Å²) in [5.41, 5.74) is 8.98. The highest BCUT2D eigenvalue weighted by molar-refractivity contribution is 7.20. The smallest absolute Gasteiger partial charge is 0.212 e. The number of hydrogen-bond donors (Lipinski definition) is 0. The third kappa shape index (κ3) is 5.89. The van der Waals surface area contributed by atoms with Crippen molar-refractivity contribution in [2.24, 2.45) is 0 Å². The van der Waals surface area contributed by atoms with E-state index in [1.54, 1.807) is 0 Å². The molecule has 1 spiro atoms. The molecule has 0 saturated carbocycles. The van der Waals surface area contributed by atoms with Crippen LogP contribution < -0.4 is 25.6 Å². The highest BCUT2D eigenvalue weighted by atomic mass is 28.3. The van der Waals surface area contributed by atoms with Crippen LogP contribution >= 0.6 is 0 Å². The molecule has 0 N–H and O–H groups in total. The van der Waals surface area contributed by atoms with Gasteiger partial charge < -0.3 is 4.90 Å². The first-order chi connectivity index (χ1) is 33.2. The van der Waals surface area contributed by atoms with Gasteiger partial charge in [-0.05, 0) is 67.3 Å². The summed E-state index contributed by atoms with van der Waals surface area (Å²) < 4.78 is 0. The molecule has 10 aromatic rings. The van der Waals surface area contributed by atoms with Crippen LogP contribution in [-0.2, 0) is 5.41 Å². The molecule has 0 fully saturated rings. The van der Waals surface area contributed by atoms with Crippen molar-refractivity contribution in [3.63, 3.8) is 0 Å². The van der Waals surface area contributed by atoms with Gasteiger partial charge in [0, 0.05) is 28.1 Å². The van der Waals surface area contributed by atoms with Crippen molar-refractivity contribution >= 4 is 51.6 Å². The standard InChI is InChI=1S/C60H38N6Si/c1-62-51-39-43(59-64-57(41-22-6-2-7-23-41)63-58(65-59)42-24-8-3-9-25-42)38-44(40-61)56(51)66-52-34-18-14-30-47(52)60(48-31-15-19-35-53(48)66)49-32-16-20-36-54(49)67(45-26-10-4-11-27-45,46-28-12-5-13-29-46)55-37-21-17-33-50(55)60/h2-39H. The van der Waals surface area contributed by atoms with E-state index in [1.807, 2.05) is 72.8 Å². The Labute approximate surface area is 390 Å². The van der Waals surface area contributed by atoms with E-state index in [0.29, 0.717) is 40.0 Å². The van der Waals surface area contributed by atoms with Crippen molar-refractivity contribution in [3.05, 3.63) is 270 Å². The summed E-state index contributed by atoms with van der Waals surface area (Å²) in [6, 6.07) is 83.2. The van der Waals surface area contributed by atoms with E-state index in [2.05, 4.69) is 174 Å². The Kier molecular flexibility index (Phi) is 9.39. The van der Waals surface area contributed by atoms with Gasteiger partial charge in [0.05, 0.1) is 29.3 Å². The first kappa shape index (κ1) is 39.6. The van der Waals surface area contributed by atoms with Crippen molar-refractivity contribution in [2.75, 3.05) is 4.90 Å². The maximum Gasteiger partial charge on any atom is 0.212 e. The number of aromatic nitrogens is 3. The predicted molar refractivity (Wildman–Crippen MR) is 271 cm³/mol. The Hall–Kier alpha value is -9.01. The molecule has 67 heavy (non-hydrogen) atoms. The molecule has 12 rings (SSSR count). The summed E-state index contributed by atoms with van der Waals surface area (Å²) in [7, 11) is -2.94. The lowest BCUT2D eigenvalue weighted by Gasteiger charge is -2.53. The van der Waals surface area contributed by atoms with Crippen LogP contribution in [0.3, 0.4) is 0 Å². The number of fused-ring (bicyclic) bond motifs is 8. The molecule has 6 nitrogen and oxygen atoms in total. The van der Waals surface area contributed by atoms with Crippen LogP contribution in [0, 0.1) is 17.9 Å². The number of nitriles is 1. The molecule has 0 aliphatic carbocycles. The number of anilines is 3. The van der Waals surface area contributed by atoms with Gasteiger partial charge in [0.25, 0.3) is 0 Å². The first-order valence-electron chi connectivity index (χ1n) is 22.3. The predicted octanol–water partition coefficient (Wildman–Crippen LogP) is 11.2. The molecule has 7 heteroatoms. The molecule has 0 amide bonds. The normalized spacial score (nSPS) is 13.6. The summed E-state index contributed by atoms with van der Waals surface area (Å²) in [5.74, 6) is 1.37. The van der Waals surface area contributed by atoms with Crippen LogP contribution in [0.15, 0.2) is 231 Å². The minimum absolute atomic E-state index is 0.307. The lowest BCUT2D eigenvalue weighted by molar-refractivity contribution is 0.736. The zero-order valence-corrected chi connectivity index (χ0v) is 37.1. The summed E-state index contributed by atoms with van der Waals surface area (Å²) >= 11 is 0. The number of nitrogens with zero attached hydrogens (tertiary/aromatic N) is 6. The van der Waals surface area contributed by atoms with Crippen LogP contribution in [0.25, 0.3) is 39.0 Å². The van der Waals surface area contributed by atoms with Gasteiger partial charge in [-0.1, -0.05) is 206 Å². The van der Waals surface area contributed by atoms with Crippen molar-refractivity contribution in [1.29, 1.82) is 5.26 Å². The Balaban J connectivity index is 1.12. The van der Waals surface area contributed by atoms with Crippen molar-refractivity contribution in [2.45, 2.75) is 5.41 Å². The molecule has 2 aliphatic heterocycles. The van der Waals surface area contributed by atoms with Gasteiger partial charge in [0.2, 0.25) is 5.69 Å². The van der Waals surface area contributed by atoms with E-state index in [1.165, 1.54) is 31.9 Å². The molecule has 0 radical (unpaired) electrons. The maximum absolute atomic E-state index is 11.3. The van der Waals surface area contributed by atoms with Gasteiger partial charge >= 0.3 is 0 Å². The van der Waals surface area contributed by atoms with Crippen molar-refractivity contribution in [1.82, 2.24) is 15.0 Å². The fourth-order valence-corrected chi connectivity index (χ4v) is 16.2. The monoisotopic (exact) mass is 870 g/mol. The number of hydrogen-bond acceptors (Lipinski definition) is 5. The fraction of sp³-hybridized carbons (Fsp3) is 0.0167. The van der Waals surface area contributed by atoms with Crippen LogP contribution in [0.2, 0.25) is 0 Å². The lowest BCUT2D eigenvalue weighted by Crippen LogP contribution is -2.79. The summed E-state index contributed by atoms with van der Waals surface area (Å²) in [6.45, 7) is 8.79. The summed E-state index contributed by atoms with van der Waals surface area (Å²) in [5, 5.41) is 16.5. The minimum Gasteiger partial charge on any atom is -0.318 e. The number of para-hydroxylation sites is 2. The summed E-state index contributed by atoms with van der Waals surface area (Å²) in [4.78, 5) is 21.2. The third-order valence-electron chi connectivity index (χ3n) is 13.5. The van der Waals surface area contributed by atoms with Crippen molar-refractivity contribution in [3.8, 4) is 40.2 Å². The Morgan fingerprint density at radius 3 is 1.28 bits per heavy atom. The molecule has 1 aromatic heterocycles. The zero-order valence-electron chi connectivity index (χ0n) is 36.1. The van der Waals surface area contributed by atoms with E-state index >= 15 is 0 Å². The number of benzene rings is 9. The van der Waals surface area contributed by atoms with Crippen LogP contribution in [0.1, 0.15) is 27.8 Å². The number of rotatable bonds is 6. The van der Waals surface area contributed by atoms with Crippen molar-refractivity contribution < 1.29 is 0 Å². The first-order valence-corrected chi connectivity index (χ1v) is 24.3. The molecule has 2 aliphatic rings. The van der Waals surface area contributed by atoms with Crippen LogP contribution in [0.5, 0.6) is 0 Å². The highest BCUT2D eigenvalue weighted by Gasteiger charge is 2.57. The zero-order chi connectivity index (χ0) is 45.0. The van der Waals surface area contributed by atoms with Crippen LogP contribution in [-0.4, -0.2) is 23.0 Å². The topological polar surface area (TPSA) is 70.1 Å². The average molecular weight is 871 g/mol. The average Bonchev–Trinajstić information content (AvgIpc) is 3.41. The van der Waals surface area contributed by atoms with Gasteiger partial charge in [-0.15, -0.1) is 0 Å². The molecule has 0 saturated heterocycles. The van der Waals surface area contributed by atoms with E-state index in [0.717, 1.165) is 33.6 Å². The van der Waals surface area contributed by atoms with E-state index in [9.17, 15) is 5.26 Å². The molecule has 9 aromatic carbocycles. The molecular formula is C60H38N6Si. The van der Waals surface area contributed by atoms with Gasteiger partial charge in [-0.2, -0.15) is 5.26 Å². The minimum atomic E-state index is -2.94. The second kappa shape index (κ2) is 15.9. The Bertz CT molecular complexity index is 3390. The molecule has 312 valence electrons. The quantitative estimate of drug-likeness (QED) is 0.123. The largest absolute Gasteiger partial charge is 0.318 e. The summed E-state index contributed by atoms with van der Waals surface area (Å²) in [6.07, 6.45) is 0. The lowest BCUT2D eigenvalue weighted by atomic mass is 9.62. The Morgan fingerprint density at radius 2 is 0.836 bits per heavy atom. The SMILES string of the molecule is [C-]#[N+]c1cc(-c2nc(-c3ccccc3)nc(-c3ccccc3)n2)cc(C#N)c1N1c2ccccc2C2(c3ccccc31)c1ccccc1[Si](c1ccccc1)(c1ccccc1)c1ccccc12. The fourth-order valence-electron chi connectivity index (χ4n) is 10.9. The van der Waals surface area contributed by atoms with E-state index in [4.69, 9.17) is 21.5 Å². The third-order valence-corrected chi connectivity index (χ3v) is 18.4. The van der Waals surface area contributed by atoms with Gasteiger partial charge in [-0.25, -0.2) is 19.8 Å². The van der Waals surface area contributed by atoms with Gasteiger partial charge in [0.1, 0.15) is 0 Å². The molecular weight excluding hydrogens is 833 g/mol. The second-order valence-corrected chi connectivity index (χ2v) is 20.6. The molecule has 0 atom stereocenters. The molecule has 3 heterocycles. The van der Waals surface area contributed by atoms with Crippen LogP contribution in [0.4, 0.5) is 22.7 Å². The van der Waals surface area contributed by atoms with E-state index in [-0.39, 0.29) is 0 Å². The molecule has 0 unspecified atom stereocenters.